The molecule has 0 aliphatic rings. The van der Waals surface area contributed by atoms with Crippen LogP contribution in [0.25, 0.3) is 10.1 Å². The summed E-state index contributed by atoms with van der Waals surface area (Å²) in [6.45, 7) is 4.97. The lowest BCUT2D eigenvalue weighted by Crippen LogP contribution is -2.38. The second kappa shape index (κ2) is 8.27. The fourth-order valence-corrected chi connectivity index (χ4v) is 2.92. The first-order valence-corrected chi connectivity index (χ1v) is 7.60. The molecule has 0 spiro atoms. The number of nitrogens with two attached hydrogens (primary N) is 1. The van der Waals surface area contributed by atoms with E-state index in [-0.39, 0.29) is 17.0 Å². The third-order valence-electron chi connectivity index (χ3n) is 3.23. The van der Waals surface area contributed by atoms with Crippen LogP contribution in [0.2, 0.25) is 0 Å². The van der Waals surface area contributed by atoms with Crippen LogP contribution < -0.4 is 11.1 Å². The number of nitrogens with zero attached hydrogens (tertiary/aromatic N) is 1. The van der Waals surface area contributed by atoms with Crippen LogP contribution in [0, 0.1) is 0 Å². The molecule has 0 radical (unpaired) electrons. The number of aliphatic imine (C=N–C) groups is 1. The fraction of sp³-hybridized carbons (Fsp3) is 0.400. The van der Waals surface area contributed by atoms with Gasteiger partial charge in [-0.15, -0.1) is 28.3 Å². The molecule has 0 saturated heterocycles. The Morgan fingerprint density at radius 3 is 2.90 bits per heavy atom. The van der Waals surface area contributed by atoms with Crippen molar-refractivity contribution in [3.8, 4) is 0 Å². The summed E-state index contributed by atoms with van der Waals surface area (Å²) in [4.78, 5) is 4.38. The highest BCUT2D eigenvalue weighted by Crippen LogP contribution is 2.25. The van der Waals surface area contributed by atoms with Crippen LogP contribution in [-0.2, 0) is 6.42 Å². The monoisotopic (exact) mass is 355 g/mol. The molecule has 0 amide bonds. The number of nitrogens with one attached hydrogen (secondary N) is 1. The van der Waals surface area contributed by atoms with Gasteiger partial charge in [0.05, 0.1) is 0 Å². The Labute approximate surface area is 135 Å². The second-order valence-corrected chi connectivity index (χ2v) is 5.64. The van der Waals surface area contributed by atoms with E-state index in [9.17, 15) is 0 Å². The Kier molecular flexibility index (Phi) is 7.02. The normalized spacial score (nSPS) is 13.0. The first-order chi connectivity index (χ1) is 9.20. The summed E-state index contributed by atoms with van der Waals surface area (Å²) < 4.78 is 1.34. The molecule has 1 heterocycles. The molecule has 5 heteroatoms. The Morgan fingerprint density at radius 1 is 1.40 bits per heavy atom. The largest absolute Gasteiger partial charge is 0.370 e. The minimum absolute atomic E-state index is 0. The molecule has 1 aromatic carbocycles. The Morgan fingerprint density at radius 2 is 2.15 bits per heavy atom. The zero-order valence-corrected chi connectivity index (χ0v) is 14.5. The Hall–Kier alpha value is -1.07. The van der Waals surface area contributed by atoms with Gasteiger partial charge in [-0.25, -0.2) is 0 Å². The highest BCUT2D eigenvalue weighted by atomic mass is 79.9. The average Bonchev–Trinajstić information content (AvgIpc) is 2.82. The zero-order chi connectivity index (χ0) is 13.7. The van der Waals surface area contributed by atoms with E-state index in [1.54, 1.807) is 11.3 Å². The number of guanidine groups is 1. The molecule has 20 heavy (non-hydrogen) atoms. The topological polar surface area (TPSA) is 50.4 Å². The molecule has 0 saturated carbocycles. The molecule has 1 atom stereocenters. The summed E-state index contributed by atoms with van der Waals surface area (Å²) in [6.07, 6.45) is 1.98. The van der Waals surface area contributed by atoms with Gasteiger partial charge in [0.15, 0.2) is 5.96 Å². The SMILES string of the molecule is Br.CCC(C)NC(N)=NCCc1csc2ccccc12. The Bertz CT molecular complexity index is 565. The number of thiophene rings is 1. The van der Waals surface area contributed by atoms with Crippen LogP contribution in [0.5, 0.6) is 0 Å². The number of hydrogen-bond acceptors (Lipinski definition) is 2. The maximum atomic E-state index is 5.84. The van der Waals surface area contributed by atoms with Gasteiger partial charge in [-0.3, -0.25) is 4.99 Å². The number of hydrogen-bond donors (Lipinski definition) is 2. The summed E-state index contributed by atoms with van der Waals surface area (Å²) in [7, 11) is 0. The van der Waals surface area contributed by atoms with Gasteiger partial charge in [0.1, 0.15) is 0 Å². The lowest BCUT2D eigenvalue weighted by molar-refractivity contribution is 0.636. The van der Waals surface area contributed by atoms with Crippen molar-refractivity contribution in [2.45, 2.75) is 32.7 Å². The van der Waals surface area contributed by atoms with Crippen LogP contribution in [0.1, 0.15) is 25.8 Å². The number of benzene rings is 1. The highest BCUT2D eigenvalue weighted by Gasteiger charge is 2.03. The van der Waals surface area contributed by atoms with Crippen molar-refractivity contribution in [2.24, 2.45) is 10.7 Å². The van der Waals surface area contributed by atoms with Crippen LogP contribution in [0.15, 0.2) is 34.6 Å². The predicted octanol–water partition coefficient (Wildman–Crippen LogP) is 3.72. The smallest absolute Gasteiger partial charge is 0.188 e. The lowest BCUT2D eigenvalue weighted by Gasteiger charge is -2.11. The summed E-state index contributed by atoms with van der Waals surface area (Å²) in [5.41, 5.74) is 7.21. The van der Waals surface area contributed by atoms with E-state index in [0.717, 1.165) is 19.4 Å². The van der Waals surface area contributed by atoms with E-state index in [4.69, 9.17) is 5.73 Å². The predicted molar refractivity (Wildman–Crippen MR) is 95.2 cm³/mol. The van der Waals surface area contributed by atoms with Crippen LogP contribution >= 0.6 is 28.3 Å². The summed E-state index contributed by atoms with van der Waals surface area (Å²) in [6, 6.07) is 8.87. The van der Waals surface area contributed by atoms with Gasteiger partial charge < -0.3 is 11.1 Å². The van der Waals surface area contributed by atoms with Gasteiger partial charge in [-0.2, -0.15) is 0 Å². The van der Waals surface area contributed by atoms with Crippen molar-refractivity contribution in [1.82, 2.24) is 5.32 Å². The van der Waals surface area contributed by atoms with Crippen molar-refractivity contribution in [3.63, 3.8) is 0 Å². The summed E-state index contributed by atoms with van der Waals surface area (Å²) >= 11 is 1.79. The van der Waals surface area contributed by atoms with E-state index in [0.29, 0.717) is 12.0 Å². The quantitative estimate of drug-likeness (QED) is 0.634. The van der Waals surface area contributed by atoms with Crippen LogP contribution in [-0.4, -0.2) is 18.5 Å². The van der Waals surface area contributed by atoms with Gasteiger partial charge >= 0.3 is 0 Å². The minimum Gasteiger partial charge on any atom is -0.370 e. The molecule has 0 aliphatic heterocycles. The molecule has 2 rings (SSSR count). The van der Waals surface area contributed by atoms with E-state index in [2.05, 4.69) is 53.8 Å². The van der Waals surface area contributed by atoms with Gasteiger partial charge in [0.2, 0.25) is 0 Å². The zero-order valence-electron chi connectivity index (χ0n) is 11.9. The second-order valence-electron chi connectivity index (χ2n) is 4.73. The molecule has 0 fully saturated rings. The first-order valence-electron chi connectivity index (χ1n) is 6.72. The molecule has 3 N–H and O–H groups in total. The molecule has 0 aliphatic carbocycles. The molecule has 0 bridgehead atoms. The maximum absolute atomic E-state index is 5.84. The molecule has 2 aromatic rings. The van der Waals surface area contributed by atoms with E-state index in [1.807, 2.05) is 0 Å². The van der Waals surface area contributed by atoms with Crippen molar-refractivity contribution in [2.75, 3.05) is 6.54 Å². The van der Waals surface area contributed by atoms with Crippen molar-refractivity contribution in [3.05, 3.63) is 35.2 Å². The molecule has 3 nitrogen and oxygen atoms in total. The first kappa shape index (κ1) is 17.0. The molecular formula is C15H22BrN3S. The third-order valence-corrected chi connectivity index (χ3v) is 4.24. The molecule has 1 unspecified atom stereocenters. The van der Waals surface area contributed by atoms with Crippen LogP contribution in [0.4, 0.5) is 0 Å². The summed E-state index contributed by atoms with van der Waals surface area (Å²) in [5.74, 6) is 0.550. The minimum atomic E-state index is 0. The van der Waals surface area contributed by atoms with Crippen molar-refractivity contribution in [1.29, 1.82) is 0 Å². The number of rotatable bonds is 5. The van der Waals surface area contributed by atoms with Gasteiger partial charge in [-0.1, -0.05) is 25.1 Å². The molecular weight excluding hydrogens is 334 g/mol. The fourth-order valence-electron chi connectivity index (χ4n) is 1.92. The lowest BCUT2D eigenvalue weighted by atomic mass is 10.1. The van der Waals surface area contributed by atoms with Gasteiger partial charge in [0, 0.05) is 17.3 Å². The van der Waals surface area contributed by atoms with E-state index < -0.39 is 0 Å². The molecule has 110 valence electrons. The average molecular weight is 356 g/mol. The van der Waals surface area contributed by atoms with Crippen molar-refractivity contribution >= 4 is 44.4 Å². The number of halogens is 1. The maximum Gasteiger partial charge on any atom is 0.188 e. The summed E-state index contributed by atoms with van der Waals surface area (Å²) in [5, 5.41) is 6.74. The Balaban J connectivity index is 0.00000200. The van der Waals surface area contributed by atoms with E-state index in [1.165, 1.54) is 15.6 Å². The third kappa shape index (κ3) is 4.49. The van der Waals surface area contributed by atoms with Gasteiger partial charge in [0.25, 0.3) is 0 Å². The molecule has 1 aromatic heterocycles. The standard InChI is InChI=1S/C15H21N3S.BrH/c1-3-11(2)18-15(16)17-9-8-12-10-19-14-7-5-4-6-13(12)14;/h4-7,10-11H,3,8-9H2,1-2H3,(H3,16,17,18);1H. The van der Waals surface area contributed by atoms with E-state index >= 15 is 0 Å². The highest BCUT2D eigenvalue weighted by molar-refractivity contribution is 8.93. The van der Waals surface area contributed by atoms with Crippen LogP contribution in [0.3, 0.4) is 0 Å². The number of fused-ring (bicyclic) bond motifs is 1. The van der Waals surface area contributed by atoms with Gasteiger partial charge in [-0.05, 0) is 42.2 Å². The van der Waals surface area contributed by atoms with Crippen molar-refractivity contribution < 1.29 is 0 Å².